The number of hydrogen-bond donors (Lipinski definition) is 1. The molecule has 162 valence electrons. The highest BCUT2D eigenvalue weighted by Gasteiger charge is 2.23. The fourth-order valence-electron chi connectivity index (χ4n) is 3.76. The van der Waals surface area contributed by atoms with Gasteiger partial charge in [-0.3, -0.25) is 9.36 Å². The molecule has 0 saturated heterocycles. The van der Waals surface area contributed by atoms with Gasteiger partial charge in [-0.05, 0) is 49.8 Å². The number of aryl methyl sites for hydroxylation is 2. The monoisotopic (exact) mass is 428 g/mol. The van der Waals surface area contributed by atoms with Crippen molar-refractivity contribution in [2.24, 2.45) is 5.92 Å². The number of nitrogens with zero attached hydrogens (tertiary/aromatic N) is 3. The Labute approximate surface area is 183 Å². The van der Waals surface area contributed by atoms with E-state index in [0.29, 0.717) is 36.0 Å². The van der Waals surface area contributed by atoms with Crippen molar-refractivity contribution in [1.82, 2.24) is 20.1 Å². The number of ether oxygens (including phenoxy) is 1. The van der Waals surface area contributed by atoms with Crippen LogP contribution in [0.3, 0.4) is 0 Å². The number of thioether (sulfide) groups is 1. The second-order valence-electron chi connectivity index (χ2n) is 8.08. The summed E-state index contributed by atoms with van der Waals surface area (Å²) >= 11 is 1.41. The summed E-state index contributed by atoms with van der Waals surface area (Å²) in [5, 5.41) is 12.5. The Morgan fingerprint density at radius 1 is 1.33 bits per heavy atom. The molecule has 1 heterocycles. The van der Waals surface area contributed by atoms with E-state index >= 15 is 0 Å². The number of rotatable bonds is 9. The van der Waals surface area contributed by atoms with E-state index in [2.05, 4.69) is 35.1 Å². The van der Waals surface area contributed by atoms with Gasteiger partial charge in [0.1, 0.15) is 12.4 Å². The number of hydrogen-bond acceptors (Lipinski definition) is 5. The summed E-state index contributed by atoms with van der Waals surface area (Å²) in [6, 6.07) is 6.43. The Bertz CT molecular complexity index is 880. The molecule has 3 rings (SSSR count). The fraction of sp³-hybridized carbons (Fsp3) is 0.522. The van der Waals surface area contributed by atoms with Gasteiger partial charge in [0, 0.05) is 12.6 Å². The third kappa shape index (κ3) is 5.88. The second kappa shape index (κ2) is 10.7. The van der Waals surface area contributed by atoms with Crippen LogP contribution >= 0.6 is 11.8 Å². The molecule has 0 aliphatic heterocycles. The van der Waals surface area contributed by atoms with E-state index in [1.54, 1.807) is 6.08 Å². The summed E-state index contributed by atoms with van der Waals surface area (Å²) in [6.07, 6.45) is 6.53. The Morgan fingerprint density at radius 2 is 2.13 bits per heavy atom. The molecule has 0 bridgehead atoms. The smallest absolute Gasteiger partial charge is 0.230 e. The topological polar surface area (TPSA) is 69.0 Å². The van der Waals surface area contributed by atoms with Crippen LogP contribution in [0.2, 0.25) is 0 Å². The quantitative estimate of drug-likeness (QED) is 0.472. The fourth-order valence-corrected chi connectivity index (χ4v) is 4.54. The van der Waals surface area contributed by atoms with E-state index in [9.17, 15) is 4.79 Å². The molecule has 0 radical (unpaired) electrons. The number of allylic oxidation sites excluding steroid dienone is 1. The van der Waals surface area contributed by atoms with Gasteiger partial charge in [0.2, 0.25) is 5.91 Å². The van der Waals surface area contributed by atoms with Gasteiger partial charge >= 0.3 is 0 Å². The van der Waals surface area contributed by atoms with E-state index in [1.165, 1.54) is 31.0 Å². The zero-order valence-electron chi connectivity index (χ0n) is 18.2. The van der Waals surface area contributed by atoms with Crippen LogP contribution in [-0.4, -0.2) is 32.5 Å². The normalized spacial score (nSPS) is 18.8. The van der Waals surface area contributed by atoms with Crippen molar-refractivity contribution in [3.8, 4) is 5.75 Å². The first-order valence-electron chi connectivity index (χ1n) is 10.6. The van der Waals surface area contributed by atoms with E-state index < -0.39 is 0 Å². The lowest BCUT2D eigenvalue weighted by Gasteiger charge is -2.29. The van der Waals surface area contributed by atoms with E-state index in [4.69, 9.17) is 4.74 Å². The molecule has 1 amide bonds. The van der Waals surface area contributed by atoms with Gasteiger partial charge in [-0.25, -0.2) is 0 Å². The molecule has 2 aromatic rings. The standard InChI is InChI=1S/C23H32N4O2S/c1-5-12-27-21(14-29-20-13-16(2)10-11-18(20)4)25-26-23(27)30-15-22(28)24-19-9-7-6-8-17(19)3/h5,10-11,13,17,19H,1,6-9,12,14-15H2,2-4H3,(H,24,28)/t17-,19-/m1/s1. The molecule has 1 aliphatic carbocycles. The van der Waals surface area contributed by atoms with Crippen LogP contribution in [0.1, 0.15) is 49.6 Å². The van der Waals surface area contributed by atoms with E-state index in [1.807, 2.05) is 30.5 Å². The number of amides is 1. The first kappa shape index (κ1) is 22.4. The third-order valence-corrected chi connectivity index (χ3v) is 6.56. The molecule has 7 heteroatoms. The van der Waals surface area contributed by atoms with Crippen LogP contribution < -0.4 is 10.1 Å². The van der Waals surface area contributed by atoms with E-state index in [0.717, 1.165) is 29.1 Å². The average Bonchev–Trinajstić information content (AvgIpc) is 3.11. The predicted molar refractivity (Wildman–Crippen MR) is 121 cm³/mol. The highest BCUT2D eigenvalue weighted by molar-refractivity contribution is 7.99. The first-order chi connectivity index (χ1) is 14.5. The molecule has 1 aliphatic rings. The van der Waals surface area contributed by atoms with E-state index in [-0.39, 0.29) is 5.91 Å². The number of carbonyl (C=O) groups excluding carboxylic acids is 1. The van der Waals surface area contributed by atoms with Gasteiger partial charge < -0.3 is 10.1 Å². The zero-order chi connectivity index (χ0) is 21.5. The van der Waals surface area contributed by atoms with Crippen molar-refractivity contribution < 1.29 is 9.53 Å². The summed E-state index contributed by atoms with van der Waals surface area (Å²) < 4.78 is 7.95. The average molecular weight is 429 g/mol. The molecular formula is C23H32N4O2S. The number of benzene rings is 1. The SMILES string of the molecule is C=CCn1c(COc2cc(C)ccc2C)nnc1SCC(=O)N[C@@H]1CCCC[C@H]1C. The van der Waals surface area contributed by atoms with Crippen molar-refractivity contribution in [3.63, 3.8) is 0 Å². The van der Waals surface area contributed by atoms with Crippen molar-refractivity contribution in [1.29, 1.82) is 0 Å². The highest BCUT2D eigenvalue weighted by Crippen LogP contribution is 2.25. The number of nitrogens with one attached hydrogen (secondary N) is 1. The molecule has 30 heavy (non-hydrogen) atoms. The highest BCUT2D eigenvalue weighted by atomic mass is 32.2. The molecule has 0 unspecified atom stereocenters. The zero-order valence-corrected chi connectivity index (χ0v) is 19.0. The summed E-state index contributed by atoms with van der Waals surface area (Å²) in [7, 11) is 0. The Kier molecular flexibility index (Phi) is 7.96. The minimum absolute atomic E-state index is 0.0556. The summed E-state index contributed by atoms with van der Waals surface area (Å²) in [5.74, 6) is 2.50. The Balaban J connectivity index is 1.60. The lowest BCUT2D eigenvalue weighted by atomic mass is 9.86. The summed E-state index contributed by atoms with van der Waals surface area (Å²) in [5.41, 5.74) is 2.23. The maximum atomic E-state index is 12.5. The van der Waals surface area contributed by atoms with Crippen LogP contribution in [0.5, 0.6) is 5.75 Å². The molecule has 0 spiro atoms. The van der Waals surface area contributed by atoms with Gasteiger partial charge in [0.15, 0.2) is 11.0 Å². The molecule has 2 atom stereocenters. The maximum Gasteiger partial charge on any atom is 0.230 e. The van der Waals surface area contributed by atoms with Crippen molar-refractivity contribution in [2.75, 3.05) is 5.75 Å². The predicted octanol–water partition coefficient (Wildman–Crippen LogP) is 4.45. The van der Waals surface area contributed by atoms with Crippen LogP contribution in [0.25, 0.3) is 0 Å². The number of aromatic nitrogens is 3. The second-order valence-corrected chi connectivity index (χ2v) is 9.02. The van der Waals surface area contributed by atoms with Crippen LogP contribution in [0.15, 0.2) is 36.0 Å². The van der Waals surface area contributed by atoms with Gasteiger partial charge in [-0.2, -0.15) is 0 Å². The molecular weight excluding hydrogens is 396 g/mol. The first-order valence-corrected chi connectivity index (χ1v) is 11.6. The number of carbonyl (C=O) groups is 1. The van der Waals surface area contributed by atoms with Crippen molar-refractivity contribution in [3.05, 3.63) is 47.8 Å². The molecule has 6 nitrogen and oxygen atoms in total. The van der Waals surface area contributed by atoms with Gasteiger partial charge in [0.05, 0.1) is 5.75 Å². The van der Waals surface area contributed by atoms with Gasteiger partial charge in [-0.1, -0.05) is 49.7 Å². The molecule has 1 fully saturated rings. The Morgan fingerprint density at radius 3 is 2.90 bits per heavy atom. The molecule has 1 aromatic heterocycles. The minimum atomic E-state index is 0.0556. The molecule has 1 aromatic carbocycles. The largest absolute Gasteiger partial charge is 0.485 e. The van der Waals surface area contributed by atoms with Gasteiger partial charge in [-0.15, -0.1) is 16.8 Å². The maximum absolute atomic E-state index is 12.5. The minimum Gasteiger partial charge on any atom is -0.485 e. The molecule has 1 N–H and O–H groups in total. The van der Waals surface area contributed by atoms with Crippen molar-refractivity contribution >= 4 is 17.7 Å². The lowest BCUT2D eigenvalue weighted by molar-refractivity contribution is -0.119. The van der Waals surface area contributed by atoms with Crippen molar-refractivity contribution in [2.45, 2.75) is 70.8 Å². The summed E-state index contributed by atoms with van der Waals surface area (Å²) in [4.78, 5) is 12.5. The molecule has 1 saturated carbocycles. The third-order valence-electron chi connectivity index (χ3n) is 5.60. The van der Waals surface area contributed by atoms with Crippen LogP contribution in [0.4, 0.5) is 0 Å². The summed E-state index contributed by atoms with van der Waals surface area (Å²) in [6.45, 7) is 11.0. The van der Waals surface area contributed by atoms with Crippen LogP contribution in [0, 0.1) is 19.8 Å². The van der Waals surface area contributed by atoms with Crippen LogP contribution in [-0.2, 0) is 17.9 Å². The van der Waals surface area contributed by atoms with Gasteiger partial charge in [0.25, 0.3) is 0 Å². The Hall–Kier alpha value is -2.28. The lowest BCUT2D eigenvalue weighted by Crippen LogP contribution is -2.41.